The van der Waals surface area contributed by atoms with Gasteiger partial charge in [0.2, 0.25) is 11.9 Å². The summed E-state index contributed by atoms with van der Waals surface area (Å²) in [5.74, 6) is -0.0392. The quantitative estimate of drug-likeness (QED) is 0.590. The molecule has 130 valence electrons. The van der Waals surface area contributed by atoms with Crippen LogP contribution in [0.4, 0.5) is 17.6 Å². The van der Waals surface area contributed by atoms with E-state index in [2.05, 4.69) is 20.5 Å². The summed E-state index contributed by atoms with van der Waals surface area (Å²) in [5, 5.41) is 12.6. The second kappa shape index (κ2) is 5.99. The molecule has 0 unspecified atom stereocenters. The minimum absolute atomic E-state index is 0.0291. The number of carbonyl (C=O) groups excluding carboxylic acids is 1. The smallest absolute Gasteiger partial charge is 0.281 e. The Morgan fingerprint density at radius 2 is 2.00 bits per heavy atom. The van der Waals surface area contributed by atoms with Gasteiger partial charge >= 0.3 is 0 Å². The first kappa shape index (κ1) is 15.8. The number of nitrogens with two attached hydrogens (primary N) is 1. The average Bonchev–Trinajstić information content (AvgIpc) is 3.15. The van der Waals surface area contributed by atoms with E-state index in [1.54, 1.807) is 16.8 Å². The Kier molecular flexibility index (Phi) is 3.65. The van der Waals surface area contributed by atoms with Crippen molar-refractivity contribution in [3.63, 3.8) is 0 Å². The lowest BCUT2D eigenvalue weighted by molar-refractivity contribution is 0.0948. The summed E-state index contributed by atoms with van der Waals surface area (Å²) in [6, 6.07) is 12.9. The van der Waals surface area contributed by atoms with Crippen molar-refractivity contribution in [2.75, 3.05) is 11.1 Å². The maximum Gasteiger partial charge on any atom is 0.281 e. The van der Waals surface area contributed by atoms with Gasteiger partial charge in [0.15, 0.2) is 0 Å². The van der Waals surface area contributed by atoms with E-state index in [1.165, 1.54) is 0 Å². The van der Waals surface area contributed by atoms with Gasteiger partial charge in [-0.15, -0.1) is 5.10 Å². The number of benzene rings is 2. The molecule has 0 amide bonds. The number of aromatic nitrogens is 5. The van der Waals surface area contributed by atoms with Gasteiger partial charge in [-0.05, 0) is 37.3 Å². The number of fused-ring (bicyclic) bond motifs is 1. The lowest BCUT2D eigenvalue weighted by Crippen LogP contribution is -2.16. The zero-order valence-electron chi connectivity index (χ0n) is 14.3. The number of hydrogen-bond donors (Lipinski definition) is 2. The summed E-state index contributed by atoms with van der Waals surface area (Å²) >= 11 is 0. The fourth-order valence-corrected chi connectivity index (χ4v) is 2.78. The van der Waals surface area contributed by atoms with Crippen molar-refractivity contribution < 1.29 is 4.79 Å². The molecule has 0 spiro atoms. The molecule has 2 heterocycles. The highest BCUT2D eigenvalue weighted by atomic mass is 16.2. The Bertz CT molecular complexity index is 1130. The lowest BCUT2D eigenvalue weighted by Gasteiger charge is -2.03. The van der Waals surface area contributed by atoms with Crippen molar-refractivity contribution in [3.05, 3.63) is 59.8 Å². The zero-order chi connectivity index (χ0) is 18.3. The van der Waals surface area contributed by atoms with Crippen LogP contribution in [-0.4, -0.2) is 30.5 Å². The minimum atomic E-state index is -0.325. The number of nitrogen functional groups attached to an aromatic ring is 1. The van der Waals surface area contributed by atoms with Crippen LogP contribution in [0.2, 0.25) is 0 Å². The van der Waals surface area contributed by atoms with Crippen LogP contribution < -0.4 is 11.1 Å². The molecule has 0 radical (unpaired) electrons. The second-order valence-electron chi connectivity index (χ2n) is 6.08. The maximum absolute atomic E-state index is 12.6. The number of nitrogens with zero attached hydrogens (tertiary/aromatic N) is 5. The Labute approximate surface area is 149 Å². The monoisotopic (exact) mass is 347 g/mol. The van der Waals surface area contributed by atoms with Gasteiger partial charge in [0, 0.05) is 29.9 Å². The molecule has 8 nitrogen and oxygen atoms in total. The van der Waals surface area contributed by atoms with Gasteiger partial charge in [0.05, 0.1) is 5.52 Å². The molecule has 26 heavy (non-hydrogen) atoms. The van der Waals surface area contributed by atoms with Gasteiger partial charge in [-0.2, -0.15) is 14.8 Å². The van der Waals surface area contributed by atoms with Crippen molar-refractivity contribution in [1.82, 2.24) is 24.5 Å². The van der Waals surface area contributed by atoms with Gasteiger partial charge in [0.1, 0.15) is 0 Å². The molecule has 0 aliphatic rings. The van der Waals surface area contributed by atoms with Crippen LogP contribution >= 0.6 is 0 Å². The second-order valence-corrected chi connectivity index (χ2v) is 6.08. The number of anilines is 3. The average molecular weight is 347 g/mol. The van der Waals surface area contributed by atoms with Gasteiger partial charge in [0.25, 0.3) is 5.91 Å². The van der Waals surface area contributed by atoms with Gasteiger partial charge in [-0.3, -0.25) is 9.48 Å². The Balaban J connectivity index is 1.62. The topological polar surface area (TPSA) is 104 Å². The molecule has 2 aromatic heterocycles. The van der Waals surface area contributed by atoms with Crippen molar-refractivity contribution >= 4 is 34.4 Å². The van der Waals surface area contributed by atoms with E-state index in [4.69, 9.17) is 5.73 Å². The Hall–Kier alpha value is -3.68. The minimum Gasteiger partial charge on any atom is -0.368 e. The Morgan fingerprint density at radius 1 is 1.15 bits per heavy atom. The van der Waals surface area contributed by atoms with E-state index >= 15 is 0 Å². The molecule has 0 bridgehead atoms. The Morgan fingerprint density at radius 3 is 2.81 bits per heavy atom. The van der Waals surface area contributed by atoms with Crippen LogP contribution in [0.15, 0.2) is 48.7 Å². The molecule has 0 saturated carbocycles. The third-order valence-electron chi connectivity index (χ3n) is 3.96. The summed E-state index contributed by atoms with van der Waals surface area (Å²) < 4.78 is 2.85. The van der Waals surface area contributed by atoms with E-state index < -0.39 is 0 Å². The predicted octanol–water partition coefficient (Wildman–Crippen LogP) is 2.49. The van der Waals surface area contributed by atoms with Gasteiger partial charge in [-0.1, -0.05) is 17.7 Å². The van der Waals surface area contributed by atoms with Crippen LogP contribution in [0.5, 0.6) is 0 Å². The maximum atomic E-state index is 12.6. The molecule has 0 saturated heterocycles. The highest BCUT2D eigenvalue weighted by Crippen LogP contribution is 2.21. The molecular weight excluding hydrogens is 330 g/mol. The summed E-state index contributed by atoms with van der Waals surface area (Å²) in [6.45, 7) is 1.92. The van der Waals surface area contributed by atoms with E-state index in [0.29, 0.717) is 5.56 Å². The first-order valence-corrected chi connectivity index (χ1v) is 8.04. The first-order chi connectivity index (χ1) is 12.5. The highest BCUT2D eigenvalue weighted by Gasteiger charge is 2.16. The number of aryl methyl sites for hydroxylation is 2. The molecular formula is C18H17N7O. The zero-order valence-corrected chi connectivity index (χ0v) is 14.3. The number of hydrogen-bond acceptors (Lipinski definition) is 6. The van der Waals surface area contributed by atoms with Crippen molar-refractivity contribution in [3.8, 4) is 0 Å². The highest BCUT2D eigenvalue weighted by molar-refractivity contribution is 5.97. The molecule has 2 aromatic carbocycles. The SMILES string of the molecule is Cc1cccc(C(=O)n2nc(Nc3ccc4nn(C)cc4c3)nc2N)c1. The lowest BCUT2D eigenvalue weighted by atomic mass is 10.1. The molecule has 4 rings (SSSR count). The standard InChI is InChI=1S/C18H17N7O/c1-11-4-3-5-12(8-11)16(26)25-17(19)21-18(23-25)20-14-6-7-15-13(9-14)10-24(2)22-15/h3-10H,1-2H3,(H3,19,20,21,23). The van der Waals surface area contributed by atoms with E-state index in [-0.39, 0.29) is 17.8 Å². The van der Waals surface area contributed by atoms with Gasteiger partial charge in [-0.25, -0.2) is 0 Å². The van der Waals surface area contributed by atoms with E-state index in [0.717, 1.165) is 26.8 Å². The van der Waals surface area contributed by atoms with Crippen LogP contribution in [0, 0.1) is 6.92 Å². The molecule has 0 fully saturated rings. The van der Waals surface area contributed by atoms with Gasteiger partial charge < -0.3 is 11.1 Å². The normalized spacial score (nSPS) is 11.0. The number of nitrogens with one attached hydrogen (secondary N) is 1. The van der Waals surface area contributed by atoms with Crippen molar-refractivity contribution in [1.29, 1.82) is 0 Å². The van der Waals surface area contributed by atoms with E-state index in [9.17, 15) is 4.79 Å². The number of carbonyl (C=O) groups is 1. The summed E-state index contributed by atoms with van der Waals surface area (Å²) in [6.07, 6.45) is 1.92. The predicted molar refractivity (Wildman–Crippen MR) is 99.3 cm³/mol. The number of rotatable bonds is 3. The third-order valence-corrected chi connectivity index (χ3v) is 3.96. The molecule has 0 aliphatic heterocycles. The molecule has 4 aromatic rings. The first-order valence-electron chi connectivity index (χ1n) is 8.04. The fraction of sp³-hybridized carbons (Fsp3) is 0.111. The third kappa shape index (κ3) is 2.88. The van der Waals surface area contributed by atoms with Crippen LogP contribution in [0.25, 0.3) is 10.9 Å². The largest absolute Gasteiger partial charge is 0.368 e. The van der Waals surface area contributed by atoms with Crippen LogP contribution in [-0.2, 0) is 7.05 Å². The summed E-state index contributed by atoms with van der Waals surface area (Å²) in [4.78, 5) is 16.7. The van der Waals surface area contributed by atoms with E-state index in [1.807, 2.05) is 50.5 Å². The summed E-state index contributed by atoms with van der Waals surface area (Å²) in [7, 11) is 1.87. The molecule has 3 N–H and O–H groups in total. The molecule has 8 heteroatoms. The van der Waals surface area contributed by atoms with Crippen LogP contribution in [0.1, 0.15) is 15.9 Å². The molecule has 0 aliphatic carbocycles. The van der Waals surface area contributed by atoms with Crippen LogP contribution in [0.3, 0.4) is 0 Å². The van der Waals surface area contributed by atoms with Crippen molar-refractivity contribution in [2.45, 2.75) is 6.92 Å². The fourth-order valence-electron chi connectivity index (χ4n) is 2.78. The summed E-state index contributed by atoms with van der Waals surface area (Å²) in [5.41, 5.74) is 9.05. The molecule has 0 atom stereocenters. The van der Waals surface area contributed by atoms with Crippen molar-refractivity contribution in [2.24, 2.45) is 7.05 Å².